The third-order valence-corrected chi connectivity index (χ3v) is 17.9. The minimum Gasteiger partial charge on any atom is -0.377 e. The molecule has 1 unspecified atom stereocenters. The molecule has 492 valence electrons. The van der Waals surface area contributed by atoms with E-state index in [1.54, 1.807) is 34.1 Å². The van der Waals surface area contributed by atoms with Gasteiger partial charge in [-0.15, -0.1) is 21.5 Å². The number of nitrogens with one attached hydrogen (secondary N) is 4. The largest absolute Gasteiger partial charge is 0.377 e. The van der Waals surface area contributed by atoms with E-state index in [1.165, 1.54) is 97.4 Å². The maximum atomic E-state index is 15.0. The van der Waals surface area contributed by atoms with Crippen molar-refractivity contribution >= 4 is 40.1 Å². The van der Waals surface area contributed by atoms with E-state index in [2.05, 4.69) is 61.1 Å². The van der Waals surface area contributed by atoms with Crippen LogP contribution in [0.25, 0.3) is 10.8 Å². The Morgan fingerprint density at radius 2 is 1.50 bits per heavy atom. The first kappa shape index (κ1) is 75.2. The van der Waals surface area contributed by atoms with Crippen LogP contribution in [0.15, 0.2) is 47.3 Å². The van der Waals surface area contributed by atoms with Crippen LogP contribution in [0.2, 0.25) is 0 Å². The summed E-state index contributed by atoms with van der Waals surface area (Å²) in [5.74, 6) is 1.33. The van der Waals surface area contributed by atoms with E-state index in [9.17, 15) is 14.4 Å². The molecule has 5 fully saturated rings. The van der Waals surface area contributed by atoms with Gasteiger partial charge in [-0.05, 0) is 126 Å². The van der Waals surface area contributed by atoms with E-state index < -0.39 is 11.7 Å². The Morgan fingerprint density at radius 3 is 2.17 bits per heavy atom. The van der Waals surface area contributed by atoms with E-state index in [0.717, 1.165) is 77.9 Å². The highest BCUT2D eigenvalue weighted by atomic mass is 32.1. The zero-order valence-corrected chi connectivity index (χ0v) is 57.5. The van der Waals surface area contributed by atoms with Crippen molar-refractivity contribution < 1.29 is 18.7 Å². The quantitative estimate of drug-likeness (QED) is 0.0426. The summed E-state index contributed by atoms with van der Waals surface area (Å²) < 4.78 is 23.7. The maximum absolute atomic E-state index is 15.0. The summed E-state index contributed by atoms with van der Waals surface area (Å²) >= 11 is 1.91. The first-order valence-electron chi connectivity index (χ1n) is 34.2. The highest BCUT2D eigenvalue weighted by Gasteiger charge is 2.84. The van der Waals surface area contributed by atoms with Crippen LogP contribution in [0.5, 0.6) is 0 Å². The third kappa shape index (κ3) is 20.1. The minimum atomic E-state index is -0.595. The SMILES string of the molecule is CC.CC.CC.CC.CC.CCC=N.CCCCNCC.Cc1sc(CN2CCCC2c2nnc3n2CCCCC3)nc1C12CC1(CN1CCC(OCCNCC(=O)N3CCN(C(=O)c4cc(Cc5n[nH]c(=O)c6ccccc56)ccc4F)CC3)CC1)C2. The Kier molecular flexibility index (Phi) is 33.9. The number of hydrogen-bond donors (Lipinski definition) is 4. The van der Waals surface area contributed by atoms with Crippen LogP contribution in [0.3, 0.4) is 0 Å². The number of aromatic amines is 1. The van der Waals surface area contributed by atoms with Crippen LogP contribution < -0.4 is 16.2 Å². The highest BCUT2D eigenvalue weighted by molar-refractivity contribution is 7.11. The summed E-state index contributed by atoms with van der Waals surface area (Å²) in [7, 11) is 0. The van der Waals surface area contributed by atoms with Gasteiger partial charge in [0.05, 0.1) is 54.2 Å². The Balaban J connectivity index is 0.000000698. The van der Waals surface area contributed by atoms with Crippen LogP contribution in [-0.2, 0) is 40.9 Å². The number of amides is 2. The van der Waals surface area contributed by atoms with E-state index in [4.69, 9.17) is 20.2 Å². The molecule has 3 aromatic heterocycles. The predicted octanol–water partition coefficient (Wildman–Crippen LogP) is 12.7. The van der Waals surface area contributed by atoms with Crippen LogP contribution >= 0.6 is 11.3 Å². The van der Waals surface area contributed by atoms with Crippen LogP contribution in [0.1, 0.15) is 222 Å². The Bertz CT molecular complexity index is 2860. The summed E-state index contributed by atoms with van der Waals surface area (Å²) in [6, 6.07) is 12.0. The van der Waals surface area contributed by atoms with Gasteiger partial charge in [-0.1, -0.05) is 127 Å². The molecule has 19 heteroatoms. The van der Waals surface area contributed by atoms with Gasteiger partial charge in [-0.2, -0.15) is 5.10 Å². The molecule has 3 saturated heterocycles. The van der Waals surface area contributed by atoms with E-state index in [-0.39, 0.29) is 35.1 Å². The fourth-order valence-corrected chi connectivity index (χ4v) is 13.4. The number of likely N-dealkylation sites (tertiary alicyclic amines) is 2. The molecule has 6 aliphatic rings. The molecule has 2 aromatic carbocycles. The number of aromatic nitrogens is 6. The second-order valence-electron chi connectivity index (χ2n) is 22.3. The van der Waals surface area contributed by atoms with Crippen LogP contribution in [0, 0.1) is 23.6 Å². The Hall–Kier alpha value is -5.31. The number of carbonyl (C=O) groups is 2. The number of aryl methyl sites for hydroxylation is 2. The summed E-state index contributed by atoms with van der Waals surface area (Å²) in [5.41, 5.74) is 3.12. The number of ether oxygens (including phenoxy) is 1. The van der Waals surface area contributed by atoms with E-state index in [0.29, 0.717) is 79.2 Å². The maximum Gasteiger partial charge on any atom is 0.272 e. The third-order valence-electron chi connectivity index (χ3n) is 16.9. The normalized spacial score (nSPS) is 20.0. The van der Waals surface area contributed by atoms with Crippen molar-refractivity contribution in [2.75, 3.05) is 85.1 Å². The van der Waals surface area contributed by atoms with E-state index in [1.807, 2.05) is 99.6 Å². The molecular formula is C69H114FN13O4S. The number of rotatable bonds is 20. The van der Waals surface area contributed by atoms with Crippen molar-refractivity contribution in [1.82, 2.24) is 60.2 Å². The second kappa shape index (κ2) is 39.7. The van der Waals surface area contributed by atoms with E-state index >= 15 is 4.39 Å². The van der Waals surface area contributed by atoms with Gasteiger partial charge in [0.25, 0.3) is 11.5 Å². The molecule has 2 saturated carbocycles. The molecule has 4 aliphatic heterocycles. The molecular weight excluding hydrogens is 1130 g/mol. The lowest BCUT2D eigenvalue weighted by molar-refractivity contribution is -0.131. The standard InChI is InChI=1S/C50H62FN11O4S.C6H15N.C3H7N.5C2H6/c1-33-45(53-43(67-33)29-61-17-7-10-41(61)46-56-55-42-11-3-2-6-18-62(42)46)50-30-49(50,31-50)32-58-19-14-35(15-20-58)66-25-16-52-28-44(63)59-21-23-60(24-22-59)48(65)38-26-34(12-13-39(38)51)27-40-36-8-4-5-9-37(36)47(64)57-54-40;1-3-5-6-7-4-2;1-2-3-4;5*1-2/h4-5,8-9,12-13,26,35,41,52H,2-3,6-7,10-11,14-25,27-32H2,1H3,(H,57,64);7H,3-6H2,1-2H3;3-4H,2H2,1H3;5*1-2H3. The number of halogens is 1. The topological polar surface area (TPSA) is 194 Å². The summed E-state index contributed by atoms with van der Waals surface area (Å²) in [6.45, 7) is 39.9. The molecule has 1 atom stereocenters. The fraction of sp³-hybridized carbons (Fsp3) is 0.681. The smallest absolute Gasteiger partial charge is 0.272 e. The Labute approximate surface area is 532 Å². The molecule has 2 amide bonds. The van der Waals surface area contributed by atoms with Crippen LogP contribution in [0.4, 0.5) is 4.39 Å². The molecule has 2 aliphatic carbocycles. The van der Waals surface area contributed by atoms with Crippen LogP contribution in [-0.4, -0.2) is 159 Å². The number of fused-ring (bicyclic) bond motifs is 3. The summed E-state index contributed by atoms with van der Waals surface area (Å²) in [5, 5.41) is 31.5. The lowest BCUT2D eigenvalue weighted by atomic mass is 10.0. The van der Waals surface area contributed by atoms with Gasteiger partial charge in [-0.25, -0.2) is 14.5 Å². The molecule has 17 nitrogen and oxygen atoms in total. The zero-order valence-electron chi connectivity index (χ0n) is 56.7. The monoisotopic (exact) mass is 1240 g/mol. The van der Waals surface area contributed by atoms with Gasteiger partial charge in [0, 0.05) is 87.4 Å². The predicted molar refractivity (Wildman–Crippen MR) is 362 cm³/mol. The summed E-state index contributed by atoms with van der Waals surface area (Å²) in [4.78, 5) is 54.2. The summed E-state index contributed by atoms with van der Waals surface area (Å²) in [6.07, 6.45) is 17.1. The van der Waals surface area contributed by atoms with Gasteiger partial charge < -0.3 is 40.0 Å². The molecule has 4 N–H and O–H groups in total. The zero-order chi connectivity index (χ0) is 64.7. The van der Waals surface area contributed by atoms with Crippen molar-refractivity contribution in [3.8, 4) is 0 Å². The molecule has 0 radical (unpaired) electrons. The number of carbonyl (C=O) groups excluding carboxylic acids is 2. The number of hydrogen-bond acceptors (Lipinski definition) is 14. The molecule has 7 heterocycles. The molecule has 0 spiro atoms. The number of thiazole rings is 1. The average Bonchev–Trinajstić information content (AvgIpc) is 1.45. The number of piperidine rings is 1. The lowest BCUT2D eigenvalue weighted by Crippen LogP contribution is -2.52. The number of nitrogens with zero attached hydrogens (tertiary/aromatic N) is 9. The highest BCUT2D eigenvalue weighted by Crippen LogP contribution is 2.86. The second-order valence-corrected chi connectivity index (χ2v) is 23.6. The van der Waals surface area contributed by atoms with Gasteiger partial charge >= 0.3 is 0 Å². The number of piperazine rings is 1. The number of H-pyrrole nitrogens is 1. The minimum absolute atomic E-state index is 0.0127. The van der Waals surface area contributed by atoms with Gasteiger partial charge in [0.2, 0.25) is 5.91 Å². The first-order valence-corrected chi connectivity index (χ1v) is 35.0. The van der Waals surface area contributed by atoms with Gasteiger partial charge in [0.1, 0.15) is 22.5 Å². The molecule has 11 rings (SSSR count). The first-order chi connectivity index (χ1) is 43.0. The number of unbranched alkanes of at least 4 members (excludes halogenated alkanes) is 1. The average molecular weight is 1240 g/mol. The molecule has 88 heavy (non-hydrogen) atoms. The fourth-order valence-electron chi connectivity index (χ4n) is 12.3. The van der Waals surface area contributed by atoms with Crippen molar-refractivity contribution in [1.29, 1.82) is 5.41 Å². The van der Waals surface area contributed by atoms with Gasteiger partial charge in [-0.3, -0.25) is 19.3 Å². The number of benzene rings is 2. The van der Waals surface area contributed by atoms with Crippen molar-refractivity contribution in [3.05, 3.63) is 103 Å². The Morgan fingerprint density at radius 1 is 0.818 bits per heavy atom. The lowest BCUT2D eigenvalue weighted by Gasteiger charge is -2.35. The van der Waals surface area contributed by atoms with Gasteiger partial charge in [0.15, 0.2) is 0 Å². The van der Waals surface area contributed by atoms with Crippen molar-refractivity contribution in [2.45, 2.75) is 217 Å². The molecule has 0 bridgehead atoms. The van der Waals surface area contributed by atoms with Crippen molar-refractivity contribution in [2.24, 2.45) is 5.41 Å². The van der Waals surface area contributed by atoms with Crippen molar-refractivity contribution in [3.63, 3.8) is 0 Å². The molecule has 5 aromatic rings.